The van der Waals surface area contributed by atoms with Crippen molar-refractivity contribution in [3.05, 3.63) is 52.3 Å². The lowest BCUT2D eigenvalue weighted by molar-refractivity contribution is -0.137. The van der Waals surface area contributed by atoms with Crippen LogP contribution >= 0.6 is 11.6 Å². The van der Waals surface area contributed by atoms with Crippen LogP contribution < -0.4 is 5.32 Å². The van der Waals surface area contributed by atoms with Gasteiger partial charge in [-0.05, 0) is 24.1 Å². The zero-order valence-electron chi connectivity index (χ0n) is 12.7. The first-order valence-corrected chi connectivity index (χ1v) is 7.99. The first-order valence-electron chi connectivity index (χ1n) is 7.62. The summed E-state index contributed by atoms with van der Waals surface area (Å²) in [6.45, 7) is 1.66. The van der Waals surface area contributed by atoms with E-state index in [4.69, 9.17) is 16.3 Å². The fourth-order valence-corrected chi connectivity index (χ4v) is 3.15. The molecule has 4 nitrogen and oxygen atoms in total. The molecule has 24 heavy (non-hydrogen) atoms. The predicted octanol–water partition coefficient (Wildman–Crippen LogP) is 3.95. The number of H-pyrrole nitrogens is 1. The van der Waals surface area contributed by atoms with Crippen molar-refractivity contribution in [3.63, 3.8) is 0 Å². The number of benzene rings is 1. The molecule has 2 atom stereocenters. The Bertz CT molecular complexity index is 676. The highest BCUT2D eigenvalue weighted by molar-refractivity contribution is 6.31. The maximum Gasteiger partial charge on any atom is 0.417 e. The van der Waals surface area contributed by atoms with E-state index in [0.29, 0.717) is 25.3 Å². The van der Waals surface area contributed by atoms with Crippen LogP contribution in [-0.2, 0) is 17.5 Å². The molecule has 0 aliphatic carbocycles. The van der Waals surface area contributed by atoms with Gasteiger partial charge in [0.2, 0.25) is 0 Å². The van der Waals surface area contributed by atoms with Crippen LogP contribution in [0.5, 0.6) is 0 Å². The first-order chi connectivity index (χ1) is 11.4. The summed E-state index contributed by atoms with van der Waals surface area (Å²) >= 11 is 5.63. The van der Waals surface area contributed by atoms with E-state index in [-0.39, 0.29) is 17.0 Å². The Morgan fingerprint density at radius 3 is 2.92 bits per heavy atom. The van der Waals surface area contributed by atoms with Gasteiger partial charge in [-0.25, -0.2) is 0 Å². The van der Waals surface area contributed by atoms with Gasteiger partial charge < -0.3 is 10.1 Å². The summed E-state index contributed by atoms with van der Waals surface area (Å²) in [6, 6.07) is 3.98. The van der Waals surface area contributed by atoms with Gasteiger partial charge in [-0.2, -0.15) is 18.3 Å². The fraction of sp³-hybridized carbons (Fsp3) is 0.438. The number of nitrogens with zero attached hydrogens (tertiary/aromatic N) is 1. The number of alkyl halides is 3. The molecule has 1 aliphatic rings. The number of rotatable bonds is 5. The van der Waals surface area contributed by atoms with Crippen LogP contribution in [0.1, 0.15) is 29.2 Å². The van der Waals surface area contributed by atoms with E-state index in [2.05, 4.69) is 15.5 Å². The van der Waals surface area contributed by atoms with Crippen molar-refractivity contribution < 1.29 is 17.9 Å². The summed E-state index contributed by atoms with van der Waals surface area (Å²) < 4.78 is 44.3. The molecule has 0 amide bonds. The Hall–Kier alpha value is -1.57. The molecule has 130 valence electrons. The highest BCUT2D eigenvalue weighted by Gasteiger charge is 2.33. The summed E-state index contributed by atoms with van der Waals surface area (Å²) in [6.07, 6.45) is -0.0433. The Balaban J connectivity index is 1.59. The monoisotopic (exact) mass is 359 g/mol. The molecular formula is C16H17ClF3N3O. The van der Waals surface area contributed by atoms with E-state index in [1.807, 2.05) is 0 Å². The molecule has 1 aliphatic heterocycles. The van der Waals surface area contributed by atoms with Gasteiger partial charge >= 0.3 is 6.18 Å². The molecule has 1 saturated heterocycles. The summed E-state index contributed by atoms with van der Waals surface area (Å²) in [5, 5.41) is 9.62. The maximum absolute atomic E-state index is 12.9. The van der Waals surface area contributed by atoms with E-state index in [0.717, 1.165) is 18.1 Å². The third-order valence-electron chi connectivity index (χ3n) is 4.13. The zero-order valence-corrected chi connectivity index (χ0v) is 13.5. The van der Waals surface area contributed by atoms with E-state index in [1.165, 1.54) is 6.07 Å². The third-order valence-corrected chi connectivity index (χ3v) is 4.46. The van der Waals surface area contributed by atoms with Gasteiger partial charge in [-0.1, -0.05) is 17.7 Å². The molecule has 8 heteroatoms. The summed E-state index contributed by atoms with van der Waals surface area (Å²) in [5.41, 5.74) is 0.736. The van der Waals surface area contributed by atoms with Gasteiger partial charge in [0.1, 0.15) is 0 Å². The van der Waals surface area contributed by atoms with Crippen LogP contribution in [0.15, 0.2) is 30.6 Å². The number of ether oxygens (including phenoxy) is 1. The van der Waals surface area contributed by atoms with Crippen LogP contribution in [0.3, 0.4) is 0 Å². The highest BCUT2D eigenvalue weighted by Crippen LogP contribution is 2.35. The second-order valence-corrected chi connectivity index (χ2v) is 6.22. The molecular weight excluding hydrogens is 343 g/mol. The molecule has 1 fully saturated rings. The van der Waals surface area contributed by atoms with Crippen LogP contribution in [0.2, 0.25) is 5.02 Å². The molecule has 2 heterocycles. The van der Waals surface area contributed by atoms with Crippen LogP contribution in [-0.4, -0.2) is 23.3 Å². The van der Waals surface area contributed by atoms with Gasteiger partial charge in [0.05, 0.1) is 22.9 Å². The Labute approximate surface area is 142 Å². The van der Waals surface area contributed by atoms with Crippen LogP contribution in [0.25, 0.3) is 0 Å². The second kappa shape index (κ2) is 7.13. The minimum absolute atomic E-state index is 0.0350. The lowest BCUT2D eigenvalue weighted by Crippen LogP contribution is -2.24. The van der Waals surface area contributed by atoms with Gasteiger partial charge in [-0.15, -0.1) is 0 Å². The molecule has 0 saturated carbocycles. The lowest BCUT2D eigenvalue weighted by atomic mass is 9.97. The van der Waals surface area contributed by atoms with Crippen molar-refractivity contribution >= 4 is 11.6 Å². The SMILES string of the molecule is FC(F)(F)c1cc(CNC[C@H]2CCO[C@@H]2c2cn[nH]c2)ccc1Cl. The smallest absolute Gasteiger partial charge is 0.373 e. The number of aromatic amines is 1. The highest BCUT2D eigenvalue weighted by atomic mass is 35.5. The number of halogens is 4. The maximum atomic E-state index is 12.9. The largest absolute Gasteiger partial charge is 0.417 e. The normalized spacial score (nSPS) is 21.3. The molecule has 2 N–H and O–H groups in total. The Kier molecular flexibility index (Phi) is 5.12. The van der Waals surface area contributed by atoms with Crippen LogP contribution in [0.4, 0.5) is 13.2 Å². The number of hydrogen-bond acceptors (Lipinski definition) is 3. The number of aromatic nitrogens is 2. The van der Waals surface area contributed by atoms with Crippen molar-refractivity contribution in [3.8, 4) is 0 Å². The molecule has 0 spiro atoms. The van der Waals surface area contributed by atoms with E-state index < -0.39 is 11.7 Å². The Morgan fingerprint density at radius 1 is 1.38 bits per heavy atom. The molecule has 1 aromatic carbocycles. The molecule has 0 radical (unpaired) electrons. The number of nitrogens with one attached hydrogen (secondary N) is 2. The molecule has 0 bridgehead atoms. The average molecular weight is 360 g/mol. The van der Waals surface area contributed by atoms with Gasteiger partial charge in [0.25, 0.3) is 0 Å². The van der Waals surface area contributed by atoms with E-state index in [1.54, 1.807) is 18.5 Å². The third kappa shape index (κ3) is 3.91. The van der Waals surface area contributed by atoms with Crippen molar-refractivity contribution in [2.45, 2.75) is 25.2 Å². The zero-order chi connectivity index (χ0) is 17.2. The van der Waals surface area contributed by atoms with Gasteiger partial charge in [-0.3, -0.25) is 5.10 Å². The van der Waals surface area contributed by atoms with E-state index in [9.17, 15) is 13.2 Å². The fourth-order valence-electron chi connectivity index (χ4n) is 2.93. The van der Waals surface area contributed by atoms with Crippen molar-refractivity contribution in [1.82, 2.24) is 15.5 Å². The lowest BCUT2D eigenvalue weighted by Gasteiger charge is -2.18. The topological polar surface area (TPSA) is 49.9 Å². The van der Waals surface area contributed by atoms with Gasteiger partial charge in [0, 0.05) is 37.4 Å². The van der Waals surface area contributed by atoms with E-state index >= 15 is 0 Å². The quantitative estimate of drug-likeness (QED) is 0.850. The van der Waals surface area contributed by atoms with Crippen molar-refractivity contribution in [2.75, 3.05) is 13.2 Å². The molecule has 3 rings (SSSR count). The van der Waals surface area contributed by atoms with Crippen molar-refractivity contribution in [2.24, 2.45) is 5.92 Å². The summed E-state index contributed by atoms with van der Waals surface area (Å²) in [7, 11) is 0. The number of hydrogen-bond donors (Lipinski definition) is 2. The molecule has 0 unspecified atom stereocenters. The van der Waals surface area contributed by atoms with Gasteiger partial charge in [0.15, 0.2) is 0 Å². The minimum atomic E-state index is -4.45. The summed E-state index contributed by atoms with van der Waals surface area (Å²) in [5.74, 6) is 0.261. The molecule has 1 aromatic heterocycles. The standard InChI is InChI=1S/C16H17ClF3N3O/c17-14-2-1-10(5-13(14)16(18,19)20)6-21-7-11-3-4-24-15(11)12-8-22-23-9-12/h1-2,5,8-9,11,15,21H,3-4,6-7H2,(H,22,23)/t11-,15+/m1/s1. The Morgan fingerprint density at radius 2 is 2.21 bits per heavy atom. The molecule has 2 aromatic rings. The average Bonchev–Trinajstić information content (AvgIpc) is 3.18. The second-order valence-electron chi connectivity index (χ2n) is 5.81. The van der Waals surface area contributed by atoms with Crippen LogP contribution in [0, 0.1) is 5.92 Å². The predicted molar refractivity (Wildman–Crippen MR) is 83.5 cm³/mol. The summed E-state index contributed by atoms with van der Waals surface area (Å²) in [4.78, 5) is 0. The van der Waals surface area contributed by atoms with Crippen molar-refractivity contribution in [1.29, 1.82) is 0 Å². The minimum Gasteiger partial charge on any atom is -0.373 e. The first kappa shape index (κ1) is 17.3.